The van der Waals surface area contributed by atoms with E-state index < -0.39 is 18.6 Å². The molecule has 0 radical (unpaired) electrons. The number of rotatable bonds is 4. The maximum atomic E-state index is 12.3. The maximum absolute atomic E-state index is 12.3. The molecule has 0 saturated heterocycles. The van der Waals surface area contributed by atoms with Crippen molar-refractivity contribution in [1.29, 1.82) is 5.26 Å². The van der Waals surface area contributed by atoms with Crippen molar-refractivity contribution in [2.45, 2.75) is 6.18 Å². The number of hydrogen-bond acceptors (Lipinski definition) is 3. The fourth-order valence-electron chi connectivity index (χ4n) is 1.32. The van der Waals surface area contributed by atoms with E-state index in [2.05, 4.69) is 4.98 Å². The lowest BCUT2D eigenvalue weighted by Crippen LogP contribution is -2.40. The SMILES string of the molecule is N#Cc1ccc(C(=O)N(CCCl)CC(F)(F)F)nc1. The number of alkyl halides is 4. The third-order valence-corrected chi connectivity index (χ3v) is 2.29. The van der Waals surface area contributed by atoms with Gasteiger partial charge < -0.3 is 4.90 Å². The van der Waals surface area contributed by atoms with Gasteiger partial charge in [-0.15, -0.1) is 11.6 Å². The van der Waals surface area contributed by atoms with Crippen LogP contribution >= 0.6 is 11.6 Å². The molecule has 1 amide bonds. The summed E-state index contributed by atoms with van der Waals surface area (Å²) < 4.78 is 37.0. The van der Waals surface area contributed by atoms with Gasteiger partial charge in [-0.2, -0.15) is 18.4 Å². The first-order chi connectivity index (χ1) is 8.87. The molecule has 0 aliphatic heterocycles. The first-order valence-corrected chi connectivity index (χ1v) is 5.69. The van der Waals surface area contributed by atoms with Gasteiger partial charge >= 0.3 is 6.18 Å². The summed E-state index contributed by atoms with van der Waals surface area (Å²) in [4.78, 5) is 16.1. The molecule has 0 bridgehead atoms. The van der Waals surface area contributed by atoms with Crippen molar-refractivity contribution in [3.8, 4) is 6.07 Å². The van der Waals surface area contributed by atoms with Crippen LogP contribution in [0.4, 0.5) is 13.2 Å². The minimum absolute atomic E-state index is 0.113. The Bertz CT molecular complexity index is 481. The van der Waals surface area contributed by atoms with E-state index >= 15 is 0 Å². The molecule has 0 atom stereocenters. The van der Waals surface area contributed by atoms with Gasteiger partial charge in [0.05, 0.1) is 5.56 Å². The molecule has 0 unspecified atom stereocenters. The molecular weight excluding hydrogens is 283 g/mol. The third kappa shape index (κ3) is 4.75. The van der Waals surface area contributed by atoms with Crippen molar-refractivity contribution in [1.82, 2.24) is 9.88 Å². The van der Waals surface area contributed by atoms with Crippen LogP contribution in [0.5, 0.6) is 0 Å². The summed E-state index contributed by atoms with van der Waals surface area (Å²) in [5.74, 6) is -0.986. The van der Waals surface area contributed by atoms with Crippen LogP contribution in [0.2, 0.25) is 0 Å². The zero-order chi connectivity index (χ0) is 14.5. The molecule has 0 saturated carbocycles. The number of carbonyl (C=O) groups excluding carboxylic acids is 1. The summed E-state index contributed by atoms with van der Waals surface area (Å²) in [7, 11) is 0. The van der Waals surface area contributed by atoms with E-state index in [1.54, 1.807) is 6.07 Å². The number of pyridine rings is 1. The van der Waals surface area contributed by atoms with E-state index in [4.69, 9.17) is 16.9 Å². The number of hydrogen-bond donors (Lipinski definition) is 0. The molecule has 8 heteroatoms. The Morgan fingerprint density at radius 2 is 2.16 bits per heavy atom. The molecule has 19 heavy (non-hydrogen) atoms. The molecular formula is C11H9ClF3N3O. The van der Waals surface area contributed by atoms with Crippen molar-refractivity contribution in [2.75, 3.05) is 19.0 Å². The third-order valence-electron chi connectivity index (χ3n) is 2.12. The molecule has 4 nitrogen and oxygen atoms in total. The number of nitrogens with zero attached hydrogens (tertiary/aromatic N) is 3. The van der Waals surface area contributed by atoms with Crippen LogP contribution in [0.25, 0.3) is 0 Å². The Hall–Kier alpha value is -1.81. The number of nitriles is 1. The number of carbonyl (C=O) groups is 1. The molecule has 0 aliphatic carbocycles. The van der Waals surface area contributed by atoms with Crippen LogP contribution in [0, 0.1) is 11.3 Å². The van der Waals surface area contributed by atoms with E-state index in [0.717, 1.165) is 6.20 Å². The normalized spacial score (nSPS) is 10.9. The zero-order valence-electron chi connectivity index (χ0n) is 9.62. The van der Waals surface area contributed by atoms with Gasteiger partial charge in [0.25, 0.3) is 5.91 Å². The van der Waals surface area contributed by atoms with Crippen LogP contribution in [-0.4, -0.2) is 40.9 Å². The van der Waals surface area contributed by atoms with Crippen molar-refractivity contribution >= 4 is 17.5 Å². The van der Waals surface area contributed by atoms with E-state index in [1.165, 1.54) is 12.1 Å². The molecule has 0 aromatic carbocycles. The predicted molar refractivity (Wildman–Crippen MR) is 61.6 cm³/mol. The Kier molecular flexibility index (Phi) is 5.12. The second-order valence-electron chi connectivity index (χ2n) is 3.57. The fourth-order valence-corrected chi connectivity index (χ4v) is 1.52. The Morgan fingerprint density at radius 3 is 2.58 bits per heavy atom. The van der Waals surface area contributed by atoms with Gasteiger partial charge in [0.2, 0.25) is 0 Å². The van der Waals surface area contributed by atoms with Gasteiger partial charge in [0, 0.05) is 18.6 Å². The highest BCUT2D eigenvalue weighted by molar-refractivity contribution is 6.18. The van der Waals surface area contributed by atoms with Crippen molar-refractivity contribution in [3.63, 3.8) is 0 Å². The van der Waals surface area contributed by atoms with Gasteiger partial charge in [-0.1, -0.05) is 0 Å². The van der Waals surface area contributed by atoms with E-state index in [9.17, 15) is 18.0 Å². The van der Waals surface area contributed by atoms with Crippen molar-refractivity contribution in [2.24, 2.45) is 0 Å². The second-order valence-corrected chi connectivity index (χ2v) is 3.95. The van der Waals surface area contributed by atoms with Gasteiger partial charge in [0.1, 0.15) is 18.3 Å². The highest BCUT2D eigenvalue weighted by atomic mass is 35.5. The number of aromatic nitrogens is 1. The molecule has 1 aromatic rings. The van der Waals surface area contributed by atoms with Crippen LogP contribution < -0.4 is 0 Å². The van der Waals surface area contributed by atoms with Crippen LogP contribution in [-0.2, 0) is 0 Å². The second kappa shape index (κ2) is 6.38. The zero-order valence-corrected chi connectivity index (χ0v) is 10.4. The molecule has 0 N–H and O–H groups in total. The standard InChI is InChI=1S/C11H9ClF3N3O/c12-3-4-18(7-11(13,14)15)10(19)9-2-1-8(5-16)6-17-9/h1-2,6H,3-4,7H2. The van der Waals surface area contributed by atoms with E-state index in [1.807, 2.05) is 0 Å². The summed E-state index contributed by atoms with van der Waals surface area (Å²) in [6.45, 7) is -1.62. The summed E-state index contributed by atoms with van der Waals surface area (Å²) in [6, 6.07) is 4.32. The minimum atomic E-state index is -4.51. The lowest BCUT2D eigenvalue weighted by Gasteiger charge is -2.22. The smallest absolute Gasteiger partial charge is 0.327 e. The molecule has 0 spiro atoms. The monoisotopic (exact) mass is 291 g/mol. The van der Waals surface area contributed by atoms with Crippen molar-refractivity contribution in [3.05, 3.63) is 29.6 Å². The average molecular weight is 292 g/mol. The first kappa shape index (κ1) is 15.2. The largest absolute Gasteiger partial charge is 0.406 e. The molecule has 1 rings (SSSR count). The van der Waals surface area contributed by atoms with Crippen molar-refractivity contribution < 1.29 is 18.0 Å². The summed E-state index contributed by atoms with van der Waals surface area (Å²) in [6.07, 6.45) is -3.38. The van der Waals surface area contributed by atoms with E-state index in [0.29, 0.717) is 4.90 Å². The van der Waals surface area contributed by atoms with Crippen LogP contribution in [0.15, 0.2) is 18.3 Å². The van der Waals surface area contributed by atoms with Gasteiger partial charge in [-0.3, -0.25) is 4.79 Å². The summed E-state index contributed by atoms with van der Waals surface area (Å²) in [5.41, 5.74) is 0.0598. The Labute approximate surface area is 112 Å². The maximum Gasteiger partial charge on any atom is 0.406 e. The molecule has 102 valence electrons. The van der Waals surface area contributed by atoms with Gasteiger partial charge in [-0.25, -0.2) is 4.98 Å². The van der Waals surface area contributed by atoms with Gasteiger partial charge in [-0.05, 0) is 12.1 Å². The Morgan fingerprint density at radius 1 is 1.47 bits per heavy atom. The van der Waals surface area contributed by atoms with Gasteiger partial charge in [0.15, 0.2) is 0 Å². The lowest BCUT2D eigenvalue weighted by molar-refractivity contribution is -0.140. The highest BCUT2D eigenvalue weighted by Crippen LogP contribution is 2.17. The topological polar surface area (TPSA) is 57.0 Å². The van der Waals surface area contributed by atoms with E-state index in [-0.39, 0.29) is 23.7 Å². The number of amides is 1. The lowest BCUT2D eigenvalue weighted by atomic mass is 10.2. The Balaban J connectivity index is 2.89. The molecule has 1 aromatic heterocycles. The molecule has 0 fully saturated rings. The first-order valence-electron chi connectivity index (χ1n) is 5.15. The average Bonchev–Trinajstić information content (AvgIpc) is 2.36. The minimum Gasteiger partial charge on any atom is -0.327 e. The van der Waals surface area contributed by atoms with Crippen LogP contribution in [0.3, 0.4) is 0 Å². The number of halogens is 4. The van der Waals surface area contributed by atoms with Crippen LogP contribution in [0.1, 0.15) is 16.1 Å². The predicted octanol–water partition coefficient (Wildman–Crippen LogP) is 2.20. The highest BCUT2D eigenvalue weighted by Gasteiger charge is 2.33. The summed E-state index contributed by atoms with van der Waals surface area (Å²) >= 11 is 5.38. The molecule has 0 aliphatic rings. The molecule has 1 heterocycles. The quantitative estimate of drug-likeness (QED) is 0.799. The summed E-state index contributed by atoms with van der Waals surface area (Å²) in [5, 5.41) is 8.56. The fraction of sp³-hybridized carbons (Fsp3) is 0.364.